The van der Waals surface area contributed by atoms with E-state index in [1.807, 2.05) is 4.90 Å². The lowest BCUT2D eigenvalue weighted by Crippen LogP contribution is -2.47. The largest absolute Gasteiger partial charge is 0.506 e. The van der Waals surface area contributed by atoms with Gasteiger partial charge in [-0.3, -0.25) is 4.79 Å². The number of amides is 1. The molecular formula is C14H20N2O2. The monoisotopic (exact) mass is 248 g/mol. The number of phenols is 1. The third kappa shape index (κ3) is 2.28. The van der Waals surface area contributed by atoms with Gasteiger partial charge in [0.15, 0.2) is 0 Å². The third-order valence-electron chi connectivity index (χ3n) is 3.71. The Morgan fingerprint density at radius 3 is 2.50 bits per heavy atom. The molecule has 0 unspecified atom stereocenters. The lowest BCUT2D eigenvalue weighted by atomic mass is 9.96. The summed E-state index contributed by atoms with van der Waals surface area (Å²) < 4.78 is 0. The van der Waals surface area contributed by atoms with Gasteiger partial charge in [-0.2, -0.15) is 0 Å². The molecule has 0 bridgehead atoms. The Kier molecular flexibility index (Phi) is 3.45. The minimum atomic E-state index is -0.0295. The van der Waals surface area contributed by atoms with Crippen LogP contribution in [0.5, 0.6) is 5.75 Å². The average molecular weight is 248 g/mol. The van der Waals surface area contributed by atoms with E-state index in [0.717, 1.165) is 12.8 Å². The normalized spacial score (nSPS) is 24.0. The van der Waals surface area contributed by atoms with Crippen LogP contribution in [0.1, 0.15) is 43.5 Å². The average Bonchev–Trinajstić information content (AvgIpc) is 2.32. The summed E-state index contributed by atoms with van der Waals surface area (Å²) in [6, 6.07) is 5.20. The zero-order valence-electron chi connectivity index (χ0n) is 10.9. The van der Waals surface area contributed by atoms with Crippen molar-refractivity contribution < 1.29 is 9.90 Å². The summed E-state index contributed by atoms with van der Waals surface area (Å²) in [5.74, 6) is -0.0526. The number of hydrogen-bond acceptors (Lipinski definition) is 3. The molecule has 2 rings (SSSR count). The fourth-order valence-electron chi connectivity index (χ4n) is 2.65. The van der Waals surface area contributed by atoms with E-state index in [1.165, 1.54) is 12.5 Å². The zero-order valence-corrected chi connectivity index (χ0v) is 10.9. The molecular weight excluding hydrogens is 228 g/mol. The van der Waals surface area contributed by atoms with Crippen molar-refractivity contribution in [3.8, 4) is 5.75 Å². The Balaban J connectivity index is 2.26. The smallest absolute Gasteiger partial charge is 0.254 e. The Morgan fingerprint density at radius 1 is 1.33 bits per heavy atom. The van der Waals surface area contributed by atoms with Gasteiger partial charge in [-0.05, 0) is 51.3 Å². The molecule has 0 spiro atoms. The van der Waals surface area contributed by atoms with Crippen molar-refractivity contribution >= 4 is 11.6 Å². The quantitative estimate of drug-likeness (QED) is 0.592. The molecule has 4 nitrogen and oxygen atoms in total. The summed E-state index contributed by atoms with van der Waals surface area (Å²) in [6.07, 6.45) is 3.24. The maximum atomic E-state index is 12.5. The van der Waals surface area contributed by atoms with E-state index in [1.54, 1.807) is 12.1 Å². The topological polar surface area (TPSA) is 66.6 Å². The minimum absolute atomic E-state index is 0.0231. The lowest BCUT2D eigenvalue weighted by molar-refractivity contribution is 0.0510. The number of likely N-dealkylation sites (tertiary alicyclic amines) is 1. The molecule has 2 atom stereocenters. The summed E-state index contributed by atoms with van der Waals surface area (Å²) in [5.41, 5.74) is 6.35. The first kappa shape index (κ1) is 12.7. The van der Waals surface area contributed by atoms with E-state index in [2.05, 4.69) is 13.8 Å². The van der Waals surface area contributed by atoms with Crippen molar-refractivity contribution in [3.63, 3.8) is 0 Å². The molecule has 0 aromatic heterocycles. The number of nitrogens with zero attached hydrogens (tertiary/aromatic N) is 1. The molecule has 3 N–H and O–H groups in total. The van der Waals surface area contributed by atoms with Gasteiger partial charge in [0.1, 0.15) is 5.75 Å². The van der Waals surface area contributed by atoms with Gasteiger partial charge in [-0.15, -0.1) is 0 Å². The van der Waals surface area contributed by atoms with Crippen molar-refractivity contribution in [1.29, 1.82) is 0 Å². The van der Waals surface area contributed by atoms with Crippen molar-refractivity contribution in [1.82, 2.24) is 4.90 Å². The lowest BCUT2D eigenvalue weighted by Gasteiger charge is -2.39. The molecule has 1 aliphatic rings. The van der Waals surface area contributed by atoms with Gasteiger partial charge in [0.05, 0.1) is 5.69 Å². The number of anilines is 1. The van der Waals surface area contributed by atoms with E-state index in [9.17, 15) is 9.90 Å². The number of phenolic OH excluding ortho intramolecular Hbond substituents is 1. The number of rotatable bonds is 1. The van der Waals surface area contributed by atoms with Crippen LogP contribution in [-0.4, -0.2) is 28.0 Å². The molecule has 0 radical (unpaired) electrons. The first-order valence-corrected chi connectivity index (χ1v) is 6.42. The molecule has 1 heterocycles. The molecule has 1 saturated heterocycles. The first-order valence-electron chi connectivity index (χ1n) is 6.42. The first-order chi connectivity index (χ1) is 8.50. The number of nitrogens with two attached hydrogens (primary N) is 1. The highest BCUT2D eigenvalue weighted by Gasteiger charge is 2.29. The van der Waals surface area contributed by atoms with Crippen LogP contribution in [0.3, 0.4) is 0 Å². The van der Waals surface area contributed by atoms with Gasteiger partial charge in [0, 0.05) is 17.6 Å². The van der Waals surface area contributed by atoms with Crippen molar-refractivity contribution in [2.45, 2.75) is 45.2 Å². The number of benzene rings is 1. The highest BCUT2D eigenvalue weighted by atomic mass is 16.3. The molecule has 4 heteroatoms. The number of aromatic hydroxyl groups is 1. The highest BCUT2D eigenvalue weighted by Crippen LogP contribution is 2.27. The van der Waals surface area contributed by atoms with Crippen LogP contribution in [0.4, 0.5) is 5.69 Å². The van der Waals surface area contributed by atoms with E-state index in [4.69, 9.17) is 5.73 Å². The van der Waals surface area contributed by atoms with E-state index in [0.29, 0.717) is 11.3 Å². The Morgan fingerprint density at radius 2 is 1.94 bits per heavy atom. The zero-order chi connectivity index (χ0) is 13.3. The van der Waals surface area contributed by atoms with Gasteiger partial charge in [-0.25, -0.2) is 0 Å². The summed E-state index contributed by atoms with van der Waals surface area (Å²) in [6.45, 7) is 4.15. The van der Waals surface area contributed by atoms with Crippen LogP contribution in [-0.2, 0) is 0 Å². The van der Waals surface area contributed by atoms with Gasteiger partial charge < -0.3 is 15.7 Å². The predicted molar refractivity (Wildman–Crippen MR) is 71.5 cm³/mol. The Bertz CT molecular complexity index is 449. The minimum Gasteiger partial charge on any atom is -0.506 e. The maximum Gasteiger partial charge on any atom is 0.254 e. The van der Waals surface area contributed by atoms with Gasteiger partial charge in [0.2, 0.25) is 0 Å². The van der Waals surface area contributed by atoms with Crippen LogP contribution in [0, 0.1) is 0 Å². The molecule has 98 valence electrons. The molecule has 1 amide bonds. The molecule has 0 saturated carbocycles. The number of carbonyl (C=O) groups excluding carboxylic acids is 1. The molecule has 1 aliphatic heterocycles. The summed E-state index contributed by atoms with van der Waals surface area (Å²) in [4.78, 5) is 14.4. The molecule has 18 heavy (non-hydrogen) atoms. The fourth-order valence-corrected chi connectivity index (χ4v) is 2.65. The second kappa shape index (κ2) is 4.88. The summed E-state index contributed by atoms with van der Waals surface area (Å²) >= 11 is 0. The van der Waals surface area contributed by atoms with Gasteiger partial charge in [0.25, 0.3) is 5.91 Å². The van der Waals surface area contributed by atoms with Gasteiger partial charge in [-0.1, -0.05) is 0 Å². The summed E-state index contributed by atoms with van der Waals surface area (Å²) in [7, 11) is 0. The second-order valence-electron chi connectivity index (χ2n) is 5.11. The van der Waals surface area contributed by atoms with Crippen molar-refractivity contribution in [2.75, 3.05) is 5.73 Å². The number of hydrogen-bond donors (Lipinski definition) is 2. The molecule has 0 aliphatic carbocycles. The molecule has 1 aromatic carbocycles. The predicted octanol–water partition coefficient (Wildman–Crippen LogP) is 2.38. The second-order valence-corrected chi connectivity index (χ2v) is 5.11. The van der Waals surface area contributed by atoms with Crippen molar-refractivity contribution in [3.05, 3.63) is 23.8 Å². The van der Waals surface area contributed by atoms with Crippen LogP contribution < -0.4 is 5.73 Å². The number of piperidine rings is 1. The Hall–Kier alpha value is -1.71. The standard InChI is InChI=1S/C14H20N2O2/c1-9-4-3-5-10(2)16(9)14(18)11-6-7-12(15)13(17)8-11/h6-10,17H,3-5,15H2,1-2H3/t9-,10+. The van der Waals surface area contributed by atoms with E-state index >= 15 is 0 Å². The Labute approximate surface area is 107 Å². The number of nitrogen functional groups attached to an aromatic ring is 1. The van der Waals surface area contributed by atoms with Crippen LogP contribution in [0.15, 0.2) is 18.2 Å². The van der Waals surface area contributed by atoms with Crippen LogP contribution in [0.2, 0.25) is 0 Å². The maximum absolute atomic E-state index is 12.5. The van der Waals surface area contributed by atoms with E-state index < -0.39 is 0 Å². The molecule has 1 aromatic rings. The van der Waals surface area contributed by atoms with Crippen LogP contribution in [0.25, 0.3) is 0 Å². The molecule has 1 fully saturated rings. The van der Waals surface area contributed by atoms with Gasteiger partial charge >= 0.3 is 0 Å². The van der Waals surface area contributed by atoms with Crippen molar-refractivity contribution in [2.24, 2.45) is 0 Å². The fraction of sp³-hybridized carbons (Fsp3) is 0.500. The number of carbonyl (C=O) groups is 1. The summed E-state index contributed by atoms with van der Waals surface area (Å²) in [5, 5.41) is 9.58. The third-order valence-corrected chi connectivity index (χ3v) is 3.71. The van der Waals surface area contributed by atoms with Crippen LogP contribution >= 0.6 is 0 Å². The highest BCUT2D eigenvalue weighted by molar-refractivity contribution is 5.95. The SMILES string of the molecule is C[C@@H]1CCC[C@H](C)N1C(=O)c1ccc(N)c(O)c1. The van der Waals surface area contributed by atoms with E-state index in [-0.39, 0.29) is 23.7 Å².